The number of carbonyl (C=O) groups excluding carboxylic acids is 1. The molecular formula is C13H17N5O2. The second kappa shape index (κ2) is 4.99. The highest BCUT2D eigenvalue weighted by Gasteiger charge is 2.22. The summed E-state index contributed by atoms with van der Waals surface area (Å²) < 4.78 is 8.47. The molecule has 1 N–H and O–H groups in total. The molecule has 7 heteroatoms. The van der Waals surface area contributed by atoms with Crippen molar-refractivity contribution in [1.82, 2.24) is 19.6 Å². The first-order chi connectivity index (χ1) is 9.65. The van der Waals surface area contributed by atoms with Gasteiger partial charge >= 0.3 is 0 Å². The fourth-order valence-electron chi connectivity index (χ4n) is 2.04. The zero-order valence-corrected chi connectivity index (χ0v) is 11.5. The van der Waals surface area contributed by atoms with Gasteiger partial charge in [-0.15, -0.1) is 0 Å². The van der Waals surface area contributed by atoms with Crippen LogP contribution in [0.25, 0.3) is 0 Å². The number of nitrogens with zero attached hydrogens (tertiary/aromatic N) is 4. The molecule has 2 aromatic heterocycles. The molecule has 2 aromatic rings. The van der Waals surface area contributed by atoms with Gasteiger partial charge < -0.3 is 10.1 Å². The van der Waals surface area contributed by atoms with E-state index in [2.05, 4.69) is 15.5 Å². The van der Waals surface area contributed by atoms with Gasteiger partial charge in [0.2, 0.25) is 5.88 Å². The monoisotopic (exact) mass is 275 g/mol. The largest absolute Gasteiger partial charge is 0.481 e. The average molecular weight is 275 g/mol. The first kappa shape index (κ1) is 12.7. The fourth-order valence-corrected chi connectivity index (χ4v) is 2.04. The molecular weight excluding hydrogens is 258 g/mol. The summed E-state index contributed by atoms with van der Waals surface area (Å²) in [5.74, 6) is 1.02. The van der Waals surface area contributed by atoms with E-state index in [4.69, 9.17) is 4.74 Å². The summed E-state index contributed by atoms with van der Waals surface area (Å²) in [4.78, 5) is 12.1. The molecule has 0 spiro atoms. The van der Waals surface area contributed by atoms with Gasteiger partial charge in [0.25, 0.3) is 5.91 Å². The third-order valence-corrected chi connectivity index (χ3v) is 3.31. The van der Waals surface area contributed by atoms with Crippen LogP contribution in [-0.2, 0) is 13.6 Å². The Morgan fingerprint density at radius 1 is 1.55 bits per heavy atom. The van der Waals surface area contributed by atoms with Crippen LogP contribution in [0.5, 0.6) is 5.88 Å². The standard InChI is InChI=1S/C13H17N5O2/c1-17-12(20-2)5-11(16-17)13(19)15-10-6-14-18(8-10)7-9-3-4-9/h5-6,8-9H,3-4,7H2,1-2H3,(H,15,19). The van der Waals surface area contributed by atoms with Gasteiger partial charge in [-0.25, -0.2) is 4.68 Å². The smallest absolute Gasteiger partial charge is 0.276 e. The van der Waals surface area contributed by atoms with Crippen LogP contribution < -0.4 is 10.1 Å². The van der Waals surface area contributed by atoms with Crippen molar-refractivity contribution in [2.45, 2.75) is 19.4 Å². The third kappa shape index (κ3) is 2.66. The molecule has 20 heavy (non-hydrogen) atoms. The second-order valence-electron chi connectivity index (χ2n) is 5.04. The molecule has 2 heterocycles. The number of ether oxygens (including phenoxy) is 1. The molecule has 0 saturated heterocycles. The summed E-state index contributed by atoms with van der Waals surface area (Å²) in [6.07, 6.45) is 6.04. The van der Waals surface area contributed by atoms with Crippen molar-refractivity contribution in [2.75, 3.05) is 12.4 Å². The third-order valence-electron chi connectivity index (χ3n) is 3.31. The summed E-state index contributed by atoms with van der Waals surface area (Å²) in [7, 11) is 3.27. The molecule has 0 unspecified atom stereocenters. The maximum atomic E-state index is 12.1. The van der Waals surface area contributed by atoms with Gasteiger partial charge in [0.15, 0.2) is 5.69 Å². The van der Waals surface area contributed by atoms with Crippen molar-refractivity contribution < 1.29 is 9.53 Å². The van der Waals surface area contributed by atoms with Crippen LogP contribution in [0.1, 0.15) is 23.3 Å². The molecule has 7 nitrogen and oxygen atoms in total. The molecule has 1 saturated carbocycles. The number of amides is 1. The average Bonchev–Trinajstić information content (AvgIpc) is 2.99. The lowest BCUT2D eigenvalue weighted by Crippen LogP contribution is -2.12. The summed E-state index contributed by atoms with van der Waals surface area (Å²) in [5, 5.41) is 11.1. The summed E-state index contributed by atoms with van der Waals surface area (Å²) in [6.45, 7) is 0.924. The SMILES string of the molecule is COc1cc(C(=O)Nc2cnn(CC3CC3)c2)nn1C. The van der Waals surface area contributed by atoms with Crippen molar-refractivity contribution in [2.24, 2.45) is 13.0 Å². The number of nitrogens with one attached hydrogen (secondary N) is 1. The normalized spacial score (nSPS) is 14.3. The van der Waals surface area contributed by atoms with E-state index >= 15 is 0 Å². The summed E-state index contributed by atoms with van der Waals surface area (Å²) >= 11 is 0. The molecule has 0 aliphatic heterocycles. The van der Waals surface area contributed by atoms with E-state index < -0.39 is 0 Å². The Balaban J connectivity index is 1.66. The predicted molar refractivity (Wildman–Crippen MR) is 72.7 cm³/mol. The van der Waals surface area contributed by atoms with Crippen LogP contribution in [0, 0.1) is 5.92 Å². The van der Waals surface area contributed by atoms with Crippen LogP contribution in [0.4, 0.5) is 5.69 Å². The molecule has 106 valence electrons. The Morgan fingerprint density at radius 3 is 3.00 bits per heavy atom. The number of hydrogen-bond donors (Lipinski definition) is 1. The van der Waals surface area contributed by atoms with E-state index in [1.165, 1.54) is 17.5 Å². The Labute approximate surface area is 116 Å². The number of carbonyl (C=O) groups is 1. The van der Waals surface area contributed by atoms with Crippen molar-refractivity contribution in [3.05, 3.63) is 24.2 Å². The van der Waals surface area contributed by atoms with Gasteiger partial charge in [0, 0.05) is 25.9 Å². The van der Waals surface area contributed by atoms with E-state index in [1.54, 1.807) is 26.4 Å². The van der Waals surface area contributed by atoms with Crippen LogP contribution in [0.2, 0.25) is 0 Å². The highest BCUT2D eigenvalue weighted by atomic mass is 16.5. The highest BCUT2D eigenvalue weighted by Crippen LogP contribution is 2.30. The highest BCUT2D eigenvalue weighted by molar-refractivity contribution is 6.02. The molecule has 3 rings (SSSR count). The van der Waals surface area contributed by atoms with E-state index in [0.717, 1.165) is 12.5 Å². The summed E-state index contributed by atoms with van der Waals surface area (Å²) in [5.41, 5.74) is 1.000. The molecule has 0 bridgehead atoms. The zero-order valence-electron chi connectivity index (χ0n) is 11.5. The van der Waals surface area contributed by atoms with Crippen molar-refractivity contribution in [3.8, 4) is 5.88 Å². The number of methoxy groups -OCH3 is 1. The van der Waals surface area contributed by atoms with Crippen molar-refractivity contribution in [1.29, 1.82) is 0 Å². The Morgan fingerprint density at radius 2 is 2.35 bits per heavy atom. The van der Waals surface area contributed by atoms with Gasteiger partial charge in [-0.2, -0.15) is 10.2 Å². The molecule has 1 aliphatic carbocycles. The Hall–Kier alpha value is -2.31. The fraction of sp³-hybridized carbons (Fsp3) is 0.462. The molecule has 1 aliphatic rings. The lowest BCUT2D eigenvalue weighted by atomic mass is 10.4. The molecule has 1 fully saturated rings. The Bertz CT molecular complexity index is 626. The van der Waals surface area contributed by atoms with Crippen LogP contribution >= 0.6 is 0 Å². The zero-order chi connectivity index (χ0) is 14.1. The van der Waals surface area contributed by atoms with Crippen molar-refractivity contribution in [3.63, 3.8) is 0 Å². The number of aromatic nitrogens is 4. The van der Waals surface area contributed by atoms with Crippen LogP contribution in [0.3, 0.4) is 0 Å². The molecule has 1 amide bonds. The molecule has 0 aromatic carbocycles. The van der Waals surface area contributed by atoms with Gasteiger partial charge in [-0.3, -0.25) is 9.48 Å². The first-order valence-electron chi connectivity index (χ1n) is 6.57. The van der Waals surface area contributed by atoms with Gasteiger partial charge in [0.05, 0.1) is 19.0 Å². The van der Waals surface area contributed by atoms with E-state index in [-0.39, 0.29) is 5.91 Å². The minimum absolute atomic E-state index is 0.269. The van der Waals surface area contributed by atoms with Crippen LogP contribution in [0.15, 0.2) is 18.5 Å². The summed E-state index contributed by atoms with van der Waals surface area (Å²) in [6, 6.07) is 1.60. The number of rotatable bonds is 5. The Kier molecular flexibility index (Phi) is 3.17. The van der Waals surface area contributed by atoms with E-state index in [9.17, 15) is 4.79 Å². The number of aryl methyl sites for hydroxylation is 1. The van der Waals surface area contributed by atoms with Crippen molar-refractivity contribution >= 4 is 11.6 Å². The minimum Gasteiger partial charge on any atom is -0.481 e. The quantitative estimate of drug-likeness (QED) is 0.892. The van der Waals surface area contributed by atoms with Crippen LogP contribution in [-0.4, -0.2) is 32.6 Å². The van der Waals surface area contributed by atoms with Gasteiger partial charge in [-0.1, -0.05) is 0 Å². The van der Waals surface area contributed by atoms with E-state index in [1.807, 2.05) is 10.9 Å². The lowest BCUT2D eigenvalue weighted by molar-refractivity contribution is 0.102. The van der Waals surface area contributed by atoms with Gasteiger partial charge in [-0.05, 0) is 18.8 Å². The minimum atomic E-state index is -0.269. The topological polar surface area (TPSA) is 74.0 Å². The predicted octanol–water partition coefficient (Wildman–Crippen LogP) is 1.29. The van der Waals surface area contributed by atoms with E-state index in [0.29, 0.717) is 17.3 Å². The first-order valence-corrected chi connectivity index (χ1v) is 6.57. The number of hydrogen-bond acceptors (Lipinski definition) is 4. The molecule has 0 radical (unpaired) electrons. The lowest BCUT2D eigenvalue weighted by Gasteiger charge is -1.99. The van der Waals surface area contributed by atoms with Gasteiger partial charge in [0.1, 0.15) is 0 Å². The molecule has 0 atom stereocenters. The maximum Gasteiger partial charge on any atom is 0.276 e. The second-order valence-corrected chi connectivity index (χ2v) is 5.04. The number of anilines is 1. The maximum absolute atomic E-state index is 12.1.